The van der Waals surface area contributed by atoms with Crippen LogP contribution in [0.25, 0.3) is 11.1 Å². The summed E-state index contributed by atoms with van der Waals surface area (Å²) in [6, 6.07) is 4.05. The first-order chi connectivity index (χ1) is 8.91. The molecule has 0 spiro atoms. The molecule has 0 aliphatic rings. The molecule has 98 valence electrons. The van der Waals surface area contributed by atoms with Gasteiger partial charge in [-0.05, 0) is 30.3 Å². The fraction of sp³-hybridized carbons (Fsp3) is 0. The fourth-order valence-corrected chi connectivity index (χ4v) is 1.66. The number of carbonyl (C=O) groups is 1. The summed E-state index contributed by atoms with van der Waals surface area (Å²) in [6.07, 6.45) is 0. The maximum atomic E-state index is 13.6. The first-order valence-corrected chi connectivity index (χ1v) is 5.08. The number of carboxylic acid groups (broad SMARTS) is 1. The van der Waals surface area contributed by atoms with Crippen LogP contribution in [0.1, 0.15) is 10.4 Å². The zero-order valence-corrected chi connectivity index (χ0v) is 9.25. The highest BCUT2D eigenvalue weighted by atomic mass is 19.2. The van der Waals surface area contributed by atoms with Gasteiger partial charge >= 0.3 is 5.97 Å². The lowest BCUT2D eigenvalue weighted by molar-refractivity contribution is 0.0697. The van der Waals surface area contributed by atoms with E-state index in [1.165, 1.54) is 0 Å². The van der Waals surface area contributed by atoms with Gasteiger partial charge in [-0.25, -0.2) is 22.4 Å². The van der Waals surface area contributed by atoms with Crippen LogP contribution >= 0.6 is 0 Å². The van der Waals surface area contributed by atoms with Gasteiger partial charge in [-0.15, -0.1) is 0 Å². The molecule has 6 heteroatoms. The molecular formula is C13H6F4O2. The molecule has 0 amide bonds. The highest BCUT2D eigenvalue weighted by Crippen LogP contribution is 2.29. The van der Waals surface area contributed by atoms with E-state index in [-0.39, 0.29) is 5.56 Å². The average Bonchev–Trinajstić information content (AvgIpc) is 2.35. The molecule has 1 N–H and O–H groups in total. The molecule has 0 atom stereocenters. The van der Waals surface area contributed by atoms with Crippen molar-refractivity contribution in [1.29, 1.82) is 0 Å². The molecule has 0 unspecified atom stereocenters. The Labute approximate surface area is 104 Å². The summed E-state index contributed by atoms with van der Waals surface area (Å²) in [5.74, 6) is -6.95. The van der Waals surface area contributed by atoms with Crippen LogP contribution in [0.2, 0.25) is 0 Å². The number of hydrogen-bond donors (Lipinski definition) is 1. The Morgan fingerprint density at radius 1 is 0.895 bits per heavy atom. The molecular weight excluding hydrogens is 264 g/mol. The molecule has 0 bridgehead atoms. The number of benzene rings is 2. The quantitative estimate of drug-likeness (QED) is 0.668. The van der Waals surface area contributed by atoms with Gasteiger partial charge in [-0.2, -0.15) is 0 Å². The van der Waals surface area contributed by atoms with Crippen LogP contribution in [0.3, 0.4) is 0 Å². The molecule has 0 aliphatic carbocycles. The third-order valence-electron chi connectivity index (χ3n) is 2.54. The predicted molar refractivity (Wildman–Crippen MR) is 58.7 cm³/mol. The van der Waals surface area contributed by atoms with Gasteiger partial charge in [0.05, 0.1) is 5.56 Å². The number of carboxylic acids is 1. The lowest BCUT2D eigenvalue weighted by Crippen LogP contribution is -2.02. The van der Waals surface area contributed by atoms with E-state index in [0.717, 1.165) is 24.3 Å². The summed E-state index contributed by atoms with van der Waals surface area (Å²) in [7, 11) is 0. The summed E-state index contributed by atoms with van der Waals surface area (Å²) < 4.78 is 52.6. The van der Waals surface area contributed by atoms with E-state index < -0.39 is 40.4 Å². The van der Waals surface area contributed by atoms with Crippen molar-refractivity contribution < 1.29 is 27.5 Å². The average molecular weight is 270 g/mol. The van der Waals surface area contributed by atoms with Gasteiger partial charge in [0.2, 0.25) is 0 Å². The Morgan fingerprint density at radius 3 is 2.21 bits per heavy atom. The second-order valence-electron chi connectivity index (χ2n) is 3.72. The monoisotopic (exact) mass is 270 g/mol. The van der Waals surface area contributed by atoms with Crippen LogP contribution in [-0.2, 0) is 0 Å². The fourth-order valence-electron chi connectivity index (χ4n) is 1.66. The zero-order chi connectivity index (χ0) is 14.2. The summed E-state index contributed by atoms with van der Waals surface area (Å²) in [6.45, 7) is 0. The van der Waals surface area contributed by atoms with Crippen molar-refractivity contribution in [3.05, 3.63) is 59.2 Å². The number of aromatic carboxylic acids is 1. The molecule has 0 fully saturated rings. The molecule has 2 aromatic carbocycles. The molecule has 0 saturated carbocycles. The van der Waals surface area contributed by atoms with Crippen LogP contribution in [0, 0.1) is 23.3 Å². The second-order valence-corrected chi connectivity index (χ2v) is 3.72. The van der Waals surface area contributed by atoms with Crippen LogP contribution in [0.5, 0.6) is 0 Å². The van der Waals surface area contributed by atoms with Crippen molar-refractivity contribution in [1.82, 2.24) is 0 Å². The first kappa shape index (κ1) is 13.1. The highest BCUT2D eigenvalue weighted by molar-refractivity contribution is 5.96. The topological polar surface area (TPSA) is 37.3 Å². The van der Waals surface area contributed by atoms with Gasteiger partial charge in [0.15, 0.2) is 17.5 Å². The van der Waals surface area contributed by atoms with Crippen molar-refractivity contribution >= 4 is 5.97 Å². The molecule has 2 aromatic rings. The summed E-state index contributed by atoms with van der Waals surface area (Å²) in [5, 5.41) is 8.92. The van der Waals surface area contributed by atoms with Crippen LogP contribution in [0.4, 0.5) is 17.6 Å². The summed E-state index contributed by atoms with van der Waals surface area (Å²) >= 11 is 0. The minimum atomic E-state index is -1.74. The van der Waals surface area contributed by atoms with E-state index in [1.54, 1.807) is 0 Å². The molecule has 0 saturated heterocycles. The van der Waals surface area contributed by atoms with Crippen molar-refractivity contribution in [2.24, 2.45) is 0 Å². The Bertz CT molecular complexity index is 668. The summed E-state index contributed by atoms with van der Waals surface area (Å²) in [5.41, 5.74) is -1.29. The molecule has 0 heterocycles. The van der Waals surface area contributed by atoms with Gasteiger partial charge in [0, 0.05) is 11.1 Å². The highest BCUT2D eigenvalue weighted by Gasteiger charge is 2.19. The number of hydrogen-bond acceptors (Lipinski definition) is 1. The lowest BCUT2D eigenvalue weighted by Gasteiger charge is -2.08. The smallest absolute Gasteiger partial charge is 0.336 e. The van der Waals surface area contributed by atoms with Gasteiger partial charge < -0.3 is 5.11 Å². The van der Waals surface area contributed by atoms with Gasteiger partial charge in [0.1, 0.15) is 5.82 Å². The van der Waals surface area contributed by atoms with E-state index in [2.05, 4.69) is 0 Å². The Morgan fingerprint density at radius 2 is 1.58 bits per heavy atom. The lowest BCUT2D eigenvalue weighted by atomic mass is 9.98. The number of halogens is 4. The van der Waals surface area contributed by atoms with Crippen molar-refractivity contribution in [2.45, 2.75) is 0 Å². The minimum Gasteiger partial charge on any atom is -0.478 e. The van der Waals surface area contributed by atoms with E-state index in [0.29, 0.717) is 6.07 Å². The van der Waals surface area contributed by atoms with Gasteiger partial charge in [-0.1, -0.05) is 0 Å². The van der Waals surface area contributed by atoms with Crippen molar-refractivity contribution in [3.63, 3.8) is 0 Å². The maximum Gasteiger partial charge on any atom is 0.336 e. The van der Waals surface area contributed by atoms with E-state index in [4.69, 9.17) is 5.11 Å². The van der Waals surface area contributed by atoms with E-state index in [9.17, 15) is 22.4 Å². The van der Waals surface area contributed by atoms with Crippen LogP contribution in [-0.4, -0.2) is 11.1 Å². The molecule has 0 aliphatic heterocycles. The Hall–Kier alpha value is -2.37. The van der Waals surface area contributed by atoms with E-state index >= 15 is 0 Å². The molecule has 0 aromatic heterocycles. The van der Waals surface area contributed by atoms with Gasteiger partial charge in [-0.3, -0.25) is 0 Å². The largest absolute Gasteiger partial charge is 0.478 e. The molecule has 19 heavy (non-hydrogen) atoms. The van der Waals surface area contributed by atoms with E-state index in [1.807, 2.05) is 0 Å². The Balaban J connectivity index is 2.75. The number of rotatable bonds is 2. The normalized spacial score (nSPS) is 10.5. The molecule has 2 rings (SSSR count). The zero-order valence-electron chi connectivity index (χ0n) is 9.25. The maximum absolute atomic E-state index is 13.6. The van der Waals surface area contributed by atoms with Crippen LogP contribution in [0.15, 0.2) is 30.3 Å². The predicted octanol–water partition coefficient (Wildman–Crippen LogP) is 3.61. The van der Waals surface area contributed by atoms with Crippen molar-refractivity contribution in [3.8, 4) is 11.1 Å². The molecule has 0 radical (unpaired) electrons. The minimum absolute atomic E-state index is 0.357. The standard InChI is InChI=1S/C13H6F4O2/c14-6-1-2-8(13(18)19)9(5-6)7-3-4-10(15)12(17)11(7)16/h1-5H,(H,18,19). The third-order valence-corrected chi connectivity index (χ3v) is 2.54. The van der Waals surface area contributed by atoms with Crippen molar-refractivity contribution in [2.75, 3.05) is 0 Å². The first-order valence-electron chi connectivity index (χ1n) is 5.08. The van der Waals surface area contributed by atoms with Gasteiger partial charge in [0.25, 0.3) is 0 Å². The Kier molecular flexibility index (Phi) is 3.25. The summed E-state index contributed by atoms with van der Waals surface area (Å²) in [4.78, 5) is 11.0. The van der Waals surface area contributed by atoms with Crippen LogP contribution < -0.4 is 0 Å². The SMILES string of the molecule is O=C(O)c1ccc(F)cc1-c1ccc(F)c(F)c1F. The second kappa shape index (κ2) is 4.72. The third kappa shape index (κ3) is 2.29. The molecule has 2 nitrogen and oxygen atoms in total.